The molecule has 0 spiro atoms. The van der Waals surface area contributed by atoms with Crippen LogP contribution in [0.2, 0.25) is 0 Å². The van der Waals surface area contributed by atoms with Gasteiger partial charge in [-0.2, -0.15) is 0 Å². The number of aliphatic imine (C=N–C) groups is 1. The van der Waals surface area contributed by atoms with Gasteiger partial charge in [0.2, 0.25) is 0 Å². The highest BCUT2D eigenvalue weighted by molar-refractivity contribution is 6.21. The Morgan fingerprint density at radius 2 is 1.67 bits per heavy atom. The van der Waals surface area contributed by atoms with Crippen LogP contribution < -0.4 is 10.6 Å². The molecule has 2 aliphatic rings. The highest BCUT2D eigenvalue weighted by Crippen LogP contribution is 2.23. The van der Waals surface area contributed by atoms with Gasteiger partial charge < -0.3 is 10.6 Å². The van der Waals surface area contributed by atoms with E-state index in [0.717, 1.165) is 44.9 Å². The van der Waals surface area contributed by atoms with Crippen molar-refractivity contribution in [2.45, 2.75) is 44.8 Å². The highest BCUT2D eigenvalue weighted by atomic mass is 16.2. The Balaban J connectivity index is 1.17. The number of fused-ring (bicyclic) bond motifs is 1. The van der Waals surface area contributed by atoms with Crippen molar-refractivity contribution < 1.29 is 9.59 Å². The van der Waals surface area contributed by atoms with Crippen LogP contribution in [0.3, 0.4) is 0 Å². The molecule has 7 heteroatoms. The number of likely N-dealkylation sites (tertiary alicyclic amines) is 1. The molecule has 2 aromatic rings. The lowest BCUT2D eigenvalue weighted by atomic mass is 10.1. The van der Waals surface area contributed by atoms with Crippen molar-refractivity contribution in [3.8, 4) is 0 Å². The van der Waals surface area contributed by atoms with Crippen LogP contribution in [-0.2, 0) is 6.54 Å². The Morgan fingerprint density at radius 1 is 1.00 bits per heavy atom. The van der Waals surface area contributed by atoms with Crippen LogP contribution >= 0.6 is 0 Å². The fourth-order valence-electron chi connectivity index (χ4n) is 4.67. The van der Waals surface area contributed by atoms with Crippen molar-refractivity contribution in [2.75, 3.05) is 26.7 Å². The molecule has 2 aromatic carbocycles. The van der Waals surface area contributed by atoms with E-state index in [2.05, 4.69) is 57.8 Å². The number of carbonyl (C=O) groups is 2. The van der Waals surface area contributed by atoms with E-state index in [1.165, 1.54) is 10.5 Å². The predicted octanol–water partition coefficient (Wildman–Crippen LogP) is 2.89. The van der Waals surface area contributed by atoms with E-state index in [4.69, 9.17) is 0 Å². The summed E-state index contributed by atoms with van der Waals surface area (Å²) in [4.78, 5) is 33.1. The number of nitrogens with one attached hydrogen (secondary N) is 2. The summed E-state index contributed by atoms with van der Waals surface area (Å²) in [5.41, 5.74) is 2.36. The van der Waals surface area contributed by atoms with Gasteiger partial charge in [0, 0.05) is 45.3 Å². The summed E-state index contributed by atoms with van der Waals surface area (Å²) >= 11 is 0. The molecule has 33 heavy (non-hydrogen) atoms. The number of guanidine groups is 1. The highest BCUT2D eigenvalue weighted by Gasteiger charge is 2.34. The maximum absolute atomic E-state index is 12.4. The largest absolute Gasteiger partial charge is 0.356 e. The van der Waals surface area contributed by atoms with Gasteiger partial charge in [0.05, 0.1) is 11.1 Å². The summed E-state index contributed by atoms with van der Waals surface area (Å²) in [6.45, 7) is 5.40. The van der Waals surface area contributed by atoms with E-state index in [9.17, 15) is 9.59 Å². The van der Waals surface area contributed by atoms with Crippen molar-refractivity contribution >= 4 is 17.8 Å². The van der Waals surface area contributed by atoms with Crippen LogP contribution in [0.25, 0.3) is 0 Å². The van der Waals surface area contributed by atoms with Crippen molar-refractivity contribution in [2.24, 2.45) is 4.99 Å². The Kier molecular flexibility index (Phi) is 7.40. The number of rotatable bonds is 8. The first-order chi connectivity index (χ1) is 16.1. The maximum Gasteiger partial charge on any atom is 0.261 e. The topological polar surface area (TPSA) is 77.0 Å². The zero-order chi connectivity index (χ0) is 23.2. The molecule has 1 fully saturated rings. The van der Waals surface area contributed by atoms with E-state index in [1.807, 2.05) is 0 Å². The van der Waals surface area contributed by atoms with E-state index in [1.54, 1.807) is 31.3 Å². The molecule has 2 aliphatic heterocycles. The number of hydrogen-bond acceptors (Lipinski definition) is 4. The molecule has 0 radical (unpaired) electrons. The number of benzene rings is 2. The minimum absolute atomic E-state index is 0.184. The van der Waals surface area contributed by atoms with Crippen molar-refractivity contribution in [3.63, 3.8) is 0 Å². The summed E-state index contributed by atoms with van der Waals surface area (Å²) in [6.07, 6.45) is 2.67. The number of hydrogen-bond donors (Lipinski definition) is 2. The van der Waals surface area contributed by atoms with Crippen LogP contribution in [0.1, 0.15) is 52.5 Å². The van der Waals surface area contributed by atoms with Gasteiger partial charge in [0.25, 0.3) is 11.8 Å². The Labute approximate surface area is 195 Å². The molecule has 2 amide bonds. The standard InChI is InChI=1S/C26H33N5O2/c1-19-16-21(18-30(19)17-20-10-4-3-5-11-20)29-26(27-2)28-14-8-9-15-31-24(32)22-12-6-7-13-23(22)25(31)33/h3-7,10-13,19,21H,8-9,14-18H2,1-2H3,(H2,27,28,29). The molecular weight excluding hydrogens is 414 g/mol. The van der Waals surface area contributed by atoms with Gasteiger partial charge >= 0.3 is 0 Å². The monoisotopic (exact) mass is 447 g/mol. The molecule has 0 bridgehead atoms. The average molecular weight is 448 g/mol. The maximum atomic E-state index is 12.4. The summed E-state index contributed by atoms with van der Waals surface area (Å²) in [5.74, 6) is 0.433. The lowest BCUT2D eigenvalue weighted by molar-refractivity contribution is 0.0652. The summed E-state index contributed by atoms with van der Waals surface area (Å²) in [6, 6.07) is 18.5. The fraction of sp³-hybridized carbons (Fsp3) is 0.423. The third-order valence-corrected chi connectivity index (χ3v) is 6.48. The molecule has 2 heterocycles. The Morgan fingerprint density at radius 3 is 2.33 bits per heavy atom. The molecule has 2 N–H and O–H groups in total. The minimum atomic E-state index is -0.184. The third-order valence-electron chi connectivity index (χ3n) is 6.48. The quantitative estimate of drug-likeness (QED) is 0.282. The number of amides is 2. The summed E-state index contributed by atoms with van der Waals surface area (Å²) < 4.78 is 0. The SMILES string of the molecule is CN=C(NCCCCN1C(=O)c2ccccc2C1=O)NC1CC(C)N(Cc2ccccc2)C1. The average Bonchev–Trinajstić information content (AvgIpc) is 3.30. The molecule has 1 saturated heterocycles. The molecule has 2 unspecified atom stereocenters. The second kappa shape index (κ2) is 10.6. The van der Waals surface area contributed by atoms with Crippen molar-refractivity contribution in [1.29, 1.82) is 0 Å². The van der Waals surface area contributed by atoms with E-state index in [-0.39, 0.29) is 11.8 Å². The van der Waals surface area contributed by atoms with Gasteiger partial charge in [-0.05, 0) is 43.9 Å². The number of unbranched alkanes of at least 4 members (excludes halogenated alkanes) is 1. The molecule has 174 valence electrons. The first kappa shape index (κ1) is 23.0. The van der Waals surface area contributed by atoms with Crippen LogP contribution in [0, 0.1) is 0 Å². The smallest absolute Gasteiger partial charge is 0.261 e. The number of imide groups is 1. The predicted molar refractivity (Wildman–Crippen MR) is 130 cm³/mol. The van der Waals surface area contributed by atoms with Crippen LogP contribution in [0.4, 0.5) is 0 Å². The lowest BCUT2D eigenvalue weighted by Crippen LogP contribution is -2.44. The van der Waals surface area contributed by atoms with Gasteiger partial charge in [-0.1, -0.05) is 42.5 Å². The second-order valence-corrected chi connectivity index (χ2v) is 8.85. The molecule has 0 aliphatic carbocycles. The molecular formula is C26H33N5O2. The zero-order valence-electron chi connectivity index (χ0n) is 19.5. The van der Waals surface area contributed by atoms with Gasteiger partial charge in [-0.15, -0.1) is 0 Å². The third kappa shape index (κ3) is 5.42. The van der Waals surface area contributed by atoms with E-state index >= 15 is 0 Å². The molecule has 0 saturated carbocycles. The van der Waals surface area contributed by atoms with Crippen LogP contribution in [-0.4, -0.2) is 66.3 Å². The Bertz CT molecular complexity index is 972. The van der Waals surface area contributed by atoms with E-state index < -0.39 is 0 Å². The molecule has 4 rings (SSSR count). The van der Waals surface area contributed by atoms with Gasteiger partial charge in [-0.3, -0.25) is 24.4 Å². The van der Waals surface area contributed by atoms with Crippen LogP contribution in [0.15, 0.2) is 59.6 Å². The van der Waals surface area contributed by atoms with Crippen molar-refractivity contribution in [3.05, 3.63) is 71.3 Å². The minimum Gasteiger partial charge on any atom is -0.356 e. The first-order valence-corrected chi connectivity index (χ1v) is 11.8. The van der Waals surface area contributed by atoms with Gasteiger partial charge in [0.15, 0.2) is 5.96 Å². The van der Waals surface area contributed by atoms with Crippen LogP contribution in [0.5, 0.6) is 0 Å². The second-order valence-electron chi connectivity index (χ2n) is 8.85. The number of carbonyl (C=O) groups excluding carboxylic acids is 2. The summed E-state index contributed by atoms with van der Waals surface area (Å²) in [7, 11) is 1.79. The zero-order valence-corrected chi connectivity index (χ0v) is 19.5. The first-order valence-electron chi connectivity index (χ1n) is 11.8. The fourth-order valence-corrected chi connectivity index (χ4v) is 4.67. The van der Waals surface area contributed by atoms with E-state index in [0.29, 0.717) is 29.8 Å². The van der Waals surface area contributed by atoms with Crippen molar-refractivity contribution in [1.82, 2.24) is 20.4 Å². The Hall–Kier alpha value is -3.19. The normalized spacial score (nSPS) is 20.9. The molecule has 7 nitrogen and oxygen atoms in total. The van der Waals surface area contributed by atoms with Gasteiger partial charge in [0.1, 0.15) is 0 Å². The van der Waals surface area contributed by atoms with Gasteiger partial charge in [-0.25, -0.2) is 0 Å². The molecule has 2 atom stereocenters. The number of nitrogens with zero attached hydrogens (tertiary/aromatic N) is 3. The lowest BCUT2D eigenvalue weighted by Gasteiger charge is -2.21. The molecule has 0 aromatic heterocycles. The summed E-state index contributed by atoms with van der Waals surface area (Å²) in [5, 5.41) is 6.92.